The summed E-state index contributed by atoms with van der Waals surface area (Å²) in [5, 5.41) is 7.11. The number of aromatic nitrogens is 2. The molecule has 3 heterocycles. The van der Waals surface area contributed by atoms with Gasteiger partial charge in [-0.1, -0.05) is 12.1 Å². The third-order valence-electron chi connectivity index (χ3n) is 4.96. The van der Waals surface area contributed by atoms with Gasteiger partial charge in [0.1, 0.15) is 17.3 Å². The van der Waals surface area contributed by atoms with Gasteiger partial charge in [0.15, 0.2) is 5.76 Å². The highest BCUT2D eigenvalue weighted by Crippen LogP contribution is 2.30. The van der Waals surface area contributed by atoms with Crippen LogP contribution in [-0.2, 0) is 6.42 Å². The second kappa shape index (κ2) is 8.28. The maximum atomic E-state index is 12.8. The van der Waals surface area contributed by atoms with Gasteiger partial charge in [-0.15, -0.1) is 0 Å². The Bertz CT molecular complexity index is 1130. The molecule has 1 aliphatic carbocycles. The first-order valence-corrected chi connectivity index (χ1v) is 9.68. The lowest BCUT2D eigenvalue weighted by molar-refractivity contribution is 0.0948. The second-order valence-electron chi connectivity index (χ2n) is 7.05. The van der Waals surface area contributed by atoms with Gasteiger partial charge in [-0.25, -0.2) is 10.4 Å². The van der Waals surface area contributed by atoms with Gasteiger partial charge in [0, 0.05) is 29.9 Å². The molecule has 8 nitrogen and oxygen atoms in total. The first-order chi connectivity index (χ1) is 14.5. The molecular formula is C22H21N5O3. The molecule has 0 spiro atoms. The van der Waals surface area contributed by atoms with E-state index in [1.165, 1.54) is 0 Å². The molecule has 152 valence electrons. The largest absolute Gasteiger partial charge is 0.455 e. The van der Waals surface area contributed by atoms with E-state index in [0.29, 0.717) is 35.7 Å². The van der Waals surface area contributed by atoms with Crippen molar-refractivity contribution in [1.82, 2.24) is 15.4 Å². The molecule has 4 rings (SSSR count). The van der Waals surface area contributed by atoms with Crippen molar-refractivity contribution in [3.63, 3.8) is 0 Å². The van der Waals surface area contributed by atoms with Gasteiger partial charge < -0.3 is 9.73 Å². The molecule has 0 atom stereocenters. The molecule has 0 saturated heterocycles. The van der Waals surface area contributed by atoms with Crippen LogP contribution in [0.1, 0.15) is 56.3 Å². The van der Waals surface area contributed by atoms with Crippen molar-refractivity contribution < 1.29 is 14.0 Å². The molecule has 2 amide bonds. The molecule has 8 heteroatoms. The number of fused-ring (bicyclic) bond motifs is 1. The number of aryl methyl sites for hydroxylation is 2. The first-order valence-electron chi connectivity index (χ1n) is 9.68. The van der Waals surface area contributed by atoms with Crippen LogP contribution in [0, 0.1) is 13.8 Å². The van der Waals surface area contributed by atoms with E-state index in [1.54, 1.807) is 30.6 Å². The van der Waals surface area contributed by atoms with Crippen LogP contribution in [0.25, 0.3) is 0 Å². The predicted octanol–water partition coefficient (Wildman–Crippen LogP) is 3.41. The van der Waals surface area contributed by atoms with Crippen molar-refractivity contribution in [2.45, 2.75) is 33.1 Å². The topological polar surface area (TPSA) is 109 Å². The van der Waals surface area contributed by atoms with E-state index in [9.17, 15) is 9.59 Å². The first kappa shape index (κ1) is 19.5. The Morgan fingerprint density at radius 3 is 2.63 bits per heavy atom. The van der Waals surface area contributed by atoms with Crippen LogP contribution < -0.4 is 10.7 Å². The zero-order chi connectivity index (χ0) is 21.1. The van der Waals surface area contributed by atoms with E-state index < -0.39 is 0 Å². The fourth-order valence-corrected chi connectivity index (χ4v) is 3.45. The molecule has 0 radical (unpaired) electrons. The van der Waals surface area contributed by atoms with Gasteiger partial charge >= 0.3 is 0 Å². The van der Waals surface area contributed by atoms with Crippen LogP contribution in [0.4, 0.5) is 5.82 Å². The third kappa shape index (κ3) is 3.84. The second-order valence-corrected chi connectivity index (χ2v) is 7.05. The highest BCUT2D eigenvalue weighted by Gasteiger charge is 2.28. The number of nitrogens with zero attached hydrogens (tertiary/aromatic N) is 3. The van der Waals surface area contributed by atoms with Crippen LogP contribution in [0.2, 0.25) is 0 Å². The molecule has 1 aliphatic rings. The fraction of sp³-hybridized carbons (Fsp3) is 0.227. The van der Waals surface area contributed by atoms with Gasteiger partial charge in [0.2, 0.25) is 0 Å². The lowest BCUT2D eigenvalue weighted by Crippen LogP contribution is -2.22. The maximum absolute atomic E-state index is 12.8. The molecule has 3 aromatic heterocycles. The van der Waals surface area contributed by atoms with Crippen molar-refractivity contribution in [2.24, 2.45) is 5.10 Å². The number of hydrazone groups is 1. The Labute approximate surface area is 173 Å². The summed E-state index contributed by atoms with van der Waals surface area (Å²) in [6.45, 7) is 3.70. The SMILES string of the molecule is Cc1cccnc1NC(=O)c1oc2c(c1C)/C(=N/NC(=O)c1ccccn1)CCC2. The number of nitrogens with one attached hydrogen (secondary N) is 2. The maximum Gasteiger partial charge on any atom is 0.292 e. The highest BCUT2D eigenvalue weighted by atomic mass is 16.4. The molecule has 30 heavy (non-hydrogen) atoms. The summed E-state index contributed by atoms with van der Waals surface area (Å²) in [5.74, 6) is 0.677. The average Bonchev–Trinajstić information content (AvgIpc) is 3.11. The van der Waals surface area contributed by atoms with Crippen molar-refractivity contribution >= 4 is 23.3 Å². The zero-order valence-corrected chi connectivity index (χ0v) is 16.7. The van der Waals surface area contributed by atoms with Crippen LogP contribution >= 0.6 is 0 Å². The van der Waals surface area contributed by atoms with E-state index in [1.807, 2.05) is 26.0 Å². The summed E-state index contributed by atoms with van der Waals surface area (Å²) in [4.78, 5) is 33.3. The van der Waals surface area contributed by atoms with E-state index in [0.717, 1.165) is 17.5 Å². The zero-order valence-electron chi connectivity index (χ0n) is 16.7. The Morgan fingerprint density at radius 1 is 1.03 bits per heavy atom. The van der Waals surface area contributed by atoms with E-state index in [2.05, 4.69) is 25.8 Å². The van der Waals surface area contributed by atoms with Crippen molar-refractivity contribution in [3.8, 4) is 0 Å². The average molecular weight is 403 g/mol. The number of pyridine rings is 2. The number of hydrogen-bond donors (Lipinski definition) is 2. The number of amides is 2. The van der Waals surface area contributed by atoms with E-state index >= 15 is 0 Å². The van der Waals surface area contributed by atoms with Crippen molar-refractivity contribution in [2.75, 3.05) is 5.32 Å². The Kier molecular flexibility index (Phi) is 5.38. The van der Waals surface area contributed by atoms with Gasteiger partial charge in [-0.2, -0.15) is 5.10 Å². The van der Waals surface area contributed by atoms with Gasteiger partial charge in [0.25, 0.3) is 11.8 Å². The summed E-state index contributed by atoms with van der Waals surface area (Å²) < 4.78 is 5.89. The monoisotopic (exact) mass is 403 g/mol. The molecule has 3 aromatic rings. The smallest absolute Gasteiger partial charge is 0.292 e. The lowest BCUT2D eigenvalue weighted by Gasteiger charge is -2.13. The van der Waals surface area contributed by atoms with E-state index in [4.69, 9.17) is 4.42 Å². The van der Waals surface area contributed by atoms with E-state index in [-0.39, 0.29) is 23.3 Å². The van der Waals surface area contributed by atoms with Crippen LogP contribution in [0.3, 0.4) is 0 Å². The normalized spacial score (nSPS) is 14.3. The summed E-state index contributed by atoms with van der Waals surface area (Å²) in [6.07, 6.45) is 5.38. The quantitative estimate of drug-likeness (QED) is 0.649. The number of anilines is 1. The molecular weight excluding hydrogens is 382 g/mol. The van der Waals surface area contributed by atoms with Crippen molar-refractivity contribution in [3.05, 3.63) is 76.6 Å². The van der Waals surface area contributed by atoms with Gasteiger partial charge in [0.05, 0.1) is 5.71 Å². The molecule has 0 bridgehead atoms. The lowest BCUT2D eigenvalue weighted by atomic mass is 9.93. The Morgan fingerprint density at radius 2 is 1.87 bits per heavy atom. The summed E-state index contributed by atoms with van der Waals surface area (Å²) in [6, 6.07) is 8.78. The third-order valence-corrected chi connectivity index (χ3v) is 4.96. The Hall–Kier alpha value is -3.81. The standard InChI is InChI=1S/C22H21N5O3/c1-13-7-6-12-24-20(13)25-22(29)19-14(2)18-15(9-5-10-17(18)30-19)26-27-21(28)16-8-3-4-11-23-16/h3-4,6-8,11-12H,5,9-10H2,1-2H3,(H,27,28)(H,24,25,29)/b26-15+. The molecule has 0 fully saturated rings. The number of rotatable bonds is 4. The van der Waals surface area contributed by atoms with Gasteiger partial charge in [-0.3, -0.25) is 14.6 Å². The highest BCUT2D eigenvalue weighted by molar-refractivity contribution is 6.09. The Balaban J connectivity index is 1.58. The van der Waals surface area contributed by atoms with Crippen LogP contribution in [-0.4, -0.2) is 27.5 Å². The van der Waals surface area contributed by atoms with Crippen LogP contribution in [0.15, 0.2) is 52.2 Å². The summed E-state index contributed by atoms with van der Waals surface area (Å²) in [7, 11) is 0. The molecule has 0 aliphatic heterocycles. The summed E-state index contributed by atoms with van der Waals surface area (Å²) in [5.41, 5.74) is 5.87. The number of carbonyl (C=O) groups excluding carboxylic acids is 2. The minimum absolute atomic E-state index is 0.232. The number of hydrogen-bond acceptors (Lipinski definition) is 6. The van der Waals surface area contributed by atoms with Crippen molar-refractivity contribution in [1.29, 1.82) is 0 Å². The molecule has 0 aromatic carbocycles. The fourth-order valence-electron chi connectivity index (χ4n) is 3.45. The predicted molar refractivity (Wildman–Crippen MR) is 112 cm³/mol. The molecule has 2 N–H and O–H groups in total. The minimum atomic E-state index is -0.389. The number of furan rings is 1. The number of carbonyl (C=O) groups is 2. The molecule has 0 saturated carbocycles. The molecule has 0 unspecified atom stereocenters. The summed E-state index contributed by atoms with van der Waals surface area (Å²) >= 11 is 0. The minimum Gasteiger partial charge on any atom is -0.455 e. The van der Waals surface area contributed by atoms with Gasteiger partial charge in [-0.05, 0) is 50.5 Å². The van der Waals surface area contributed by atoms with Crippen LogP contribution in [0.5, 0.6) is 0 Å².